The Morgan fingerprint density at radius 3 is 2.53 bits per heavy atom. The first-order valence-corrected chi connectivity index (χ1v) is 5.23. The van der Waals surface area contributed by atoms with Crippen LogP contribution < -0.4 is 10.2 Å². The Morgan fingerprint density at radius 2 is 1.87 bits per heavy atom. The average Bonchev–Trinajstić information content (AvgIpc) is 2.23. The molecule has 3 heteroatoms. The molecule has 0 spiro atoms. The van der Waals surface area contributed by atoms with E-state index in [2.05, 4.69) is 31.5 Å². The normalized spacial score (nSPS) is 10.4. The van der Waals surface area contributed by atoms with Gasteiger partial charge in [-0.25, -0.2) is 5.48 Å². The Labute approximate surface area is 91.0 Å². The third-order valence-corrected chi connectivity index (χ3v) is 2.55. The Hall–Kier alpha value is -1.06. The summed E-state index contributed by atoms with van der Waals surface area (Å²) in [5, 5.41) is 8.41. The van der Waals surface area contributed by atoms with Crippen LogP contribution >= 0.6 is 0 Å². The molecule has 0 aliphatic heterocycles. The maximum atomic E-state index is 8.41. The van der Waals surface area contributed by atoms with Crippen LogP contribution in [0.2, 0.25) is 0 Å². The summed E-state index contributed by atoms with van der Waals surface area (Å²) in [6.45, 7) is 7.38. The third-order valence-electron chi connectivity index (χ3n) is 2.55. The predicted octanol–water partition coefficient (Wildman–Crippen LogP) is 2.36. The van der Waals surface area contributed by atoms with Gasteiger partial charge in [0.05, 0.1) is 6.61 Å². The van der Waals surface area contributed by atoms with Gasteiger partial charge in [0, 0.05) is 6.54 Å². The molecule has 0 radical (unpaired) electrons. The maximum absolute atomic E-state index is 8.41. The number of rotatable bonds is 5. The fourth-order valence-corrected chi connectivity index (χ4v) is 1.47. The molecule has 0 aromatic heterocycles. The first kappa shape index (κ1) is 12.0. The van der Waals surface area contributed by atoms with E-state index in [9.17, 15) is 0 Å². The highest BCUT2D eigenvalue weighted by Gasteiger charge is 2.05. The van der Waals surface area contributed by atoms with E-state index in [-0.39, 0.29) is 0 Å². The topological polar surface area (TPSA) is 41.5 Å². The molecule has 0 heterocycles. The van der Waals surface area contributed by atoms with Crippen molar-refractivity contribution in [3.05, 3.63) is 28.8 Å². The molecule has 3 nitrogen and oxygen atoms in total. The van der Waals surface area contributed by atoms with Crippen molar-refractivity contribution in [3.8, 4) is 5.75 Å². The lowest BCUT2D eigenvalue weighted by atomic mass is 10.1. The average molecular weight is 209 g/mol. The Bertz CT molecular complexity index is 324. The third kappa shape index (κ3) is 3.22. The highest BCUT2D eigenvalue weighted by Crippen LogP contribution is 2.25. The summed E-state index contributed by atoms with van der Waals surface area (Å²) in [4.78, 5) is 0. The molecule has 1 aromatic rings. The van der Waals surface area contributed by atoms with Crippen molar-refractivity contribution < 1.29 is 9.94 Å². The molecule has 15 heavy (non-hydrogen) atoms. The zero-order chi connectivity index (χ0) is 11.3. The molecule has 0 saturated heterocycles. The summed E-state index contributed by atoms with van der Waals surface area (Å²) in [5.41, 5.74) is 5.72. The fourth-order valence-electron chi connectivity index (χ4n) is 1.47. The van der Waals surface area contributed by atoms with Gasteiger partial charge in [-0.2, -0.15) is 0 Å². The van der Waals surface area contributed by atoms with Crippen LogP contribution in [0.4, 0.5) is 0 Å². The zero-order valence-corrected chi connectivity index (χ0v) is 9.63. The molecule has 0 aliphatic carbocycles. The molecule has 0 amide bonds. The molecule has 0 aliphatic rings. The van der Waals surface area contributed by atoms with Crippen molar-refractivity contribution in [1.29, 1.82) is 0 Å². The number of hydrogen-bond acceptors (Lipinski definition) is 3. The molecule has 0 atom stereocenters. The van der Waals surface area contributed by atoms with Crippen LogP contribution in [-0.2, 0) is 0 Å². The molecular weight excluding hydrogens is 190 g/mol. The van der Waals surface area contributed by atoms with Gasteiger partial charge in [-0.05, 0) is 43.9 Å². The van der Waals surface area contributed by atoms with Gasteiger partial charge in [0.2, 0.25) is 0 Å². The van der Waals surface area contributed by atoms with Crippen LogP contribution in [0.15, 0.2) is 12.1 Å². The SMILES string of the molecule is Cc1ccc(C)c(OCCCNO)c1C. The molecule has 1 aromatic carbocycles. The van der Waals surface area contributed by atoms with Crippen molar-refractivity contribution in [2.45, 2.75) is 27.2 Å². The molecule has 0 fully saturated rings. The van der Waals surface area contributed by atoms with Gasteiger partial charge in [-0.1, -0.05) is 12.1 Å². The van der Waals surface area contributed by atoms with Crippen LogP contribution in [0, 0.1) is 20.8 Å². The Kier molecular flexibility index (Phi) is 4.59. The highest BCUT2D eigenvalue weighted by atomic mass is 16.5. The quantitative estimate of drug-likeness (QED) is 0.578. The van der Waals surface area contributed by atoms with Crippen molar-refractivity contribution in [3.63, 3.8) is 0 Å². The molecule has 0 unspecified atom stereocenters. The number of ether oxygens (including phenoxy) is 1. The number of nitrogens with one attached hydrogen (secondary N) is 1. The minimum Gasteiger partial charge on any atom is -0.493 e. The molecule has 0 saturated carbocycles. The van der Waals surface area contributed by atoms with E-state index in [0.29, 0.717) is 13.2 Å². The second-order valence-electron chi connectivity index (χ2n) is 3.76. The zero-order valence-electron chi connectivity index (χ0n) is 9.63. The largest absolute Gasteiger partial charge is 0.493 e. The van der Waals surface area contributed by atoms with Gasteiger partial charge in [0.1, 0.15) is 5.75 Å². The van der Waals surface area contributed by atoms with E-state index in [0.717, 1.165) is 17.7 Å². The van der Waals surface area contributed by atoms with Crippen LogP contribution in [0.5, 0.6) is 5.75 Å². The van der Waals surface area contributed by atoms with Crippen molar-refractivity contribution in [2.75, 3.05) is 13.2 Å². The van der Waals surface area contributed by atoms with Crippen LogP contribution in [0.25, 0.3) is 0 Å². The monoisotopic (exact) mass is 209 g/mol. The van der Waals surface area contributed by atoms with Gasteiger partial charge in [0.25, 0.3) is 0 Å². The van der Waals surface area contributed by atoms with Gasteiger partial charge >= 0.3 is 0 Å². The van der Waals surface area contributed by atoms with E-state index >= 15 is 0 Å². The minimum atomic E-state index is 0.559. The van der Waals surface area contributed by atoms with E-state index < -0.39 is 0 Å². The molecule has 84 valence electrons. The number of hydroxylamine groups is 1. The molecule has 0 bridgehead atoms. The van der Waals surface area contributed by atoms with E-state index in [1.807, 2.05) is 6.92 Å². The van der Waals surface area contributed by atoms with Gasteiger partial charge in [-0.15, -0.1) is 0 Å². The first-order valence-electron chi connectivity index (χ1n) is 5.23. The van der Waals surface area contributed by atoms with E-state index in [4.69, 9.17) is 9.94 Å². The Morgan fingerprint density at radius 1 is 1.20 bits per heavy atom. The smallest absolute Gasteiger partial charge is 0.125 e. The first-order chi connectivity index (χ1) is 7.16. The van der Waals surface area contributed by atoms with Crippen molar-refractivity contribution in [2.24, 2.45) is 0 Å². The summed E-state index contributed by atoms with van der Waals surface area (Å²) < 4.78 is 5.70. The lowest BCUT2D eigenvalue weighted by Crippen LogP contribution is -2.12. The second-order valence-corrected chi connectivity index (χ2v) is 3.76. The summed E-state index contributed by atoms with van der Waals surface area (Å²) >= 11 is 0. The van der Waals surface area contributed by atoms with Crippen molar-refractivity contribution >= 4 is 0 Å². The predicted molar refractivity (Wildman–Crippen MR) is 60.6 cm³/mol. The fraction of sp³-hybridized carbons (Fsp3) is 0.500. The summed E-state index contributed by atoms with van der Waals surface area (Å²) in [5.74, 6) is 0.980. The number of hydrogen-bond donors (Lipinski definition) is 2. The standard InChI is InChI=1S/C12H19NO2/c1-9-5-6-10(2)12(11(9)3)15-8-4-7-13-14/h5-6,13-14H,4,7-8H2,1-3H3. The van der Waals surface area contributed by atoms with E-state index in [1.165, 1.54) is 11.1 Å². The lowest BCUT2D eigenvalue weighted by Gasteiger charge is -2.13. The maximum Gasteiger partial charge on any atom is 0.125 e. The summed E-state index contributed by atoms with van der Waals surface area (Å²) in [6.07, 6.45) is 0.795. The lowest BCUT2D eigenvalue weighted by molar-refractivity contribution is 0.157. The van der Waals surface area contributed by atoms with Crippen LogP contribution in [-0.4, -0.2) is 18.4 Å². The van der Waals surface area contributed by atoms with Crippen LogP contribution in [0.3, 0.4) is 0 Å². The molecule has 1 rings (SSSR count). The van der Waals surface area contributed by atoms with E-state index in [1.54, 1.807) is 0 Å². The van der Waals surface area contributed by atoms with Crippen LogP contribution in [0.1, 0.15) is 23.1 Å². The minimum absolute atomic E-state index is 0.559. The van der Waals surface area contributed by atoms with Gasteiger partial charge in [0.15, 0.2) is 0 Å². The second kappa shape index (κ2) is 5.73. The van der Waals surface area contributed by atoms with Crippen molar-refractivity contribution in [1.82, 2.24) is 5.48 Å². The molecule has 2 N–H and O–H groups in total. The number of benzene rings is 1. The number of aryl methyl sites for hydroxylation is 2. The van der Waals surface area contributed by atoms with Gasteiger partial charge in [-0.3, -0.25) is 0 Å². The summed E-state index contributed by atoms with van der Waals surface area (Å²) in [6, 6.07) is 4.18. The molecular formula is C12H19NO2. The van der Waals surface area contributed by atoms with Gasteiger partial charge < -0.3 is 9.94 Å². The highest BCUT2D eigenvalue weighted by molar-refractivity contribution is 5.44. The summed E-state index contributed by atoms with van der Waals surface area (Å²) in [7, 11) is 0. The Balaban J connectivity index is 2.63.